The van der Waals surface area contributed by atoms with Crippen molar-refractivity contribution >= 4 is 11.6 Å². The van der Waals surface area contributed by atoms with E-state index in [1.165, 1.54) is 12.8 Å². The highest BCUT2D eigenvalue weighted by atomic mass is 16.1. The van der Waals surface area contributed by atoms with Crippen LogP contribution >= 0.6 is 0 Å². The van der Waals surface area contributed by atoms with Crippen LogP contribution in [0.2, 0.25) is 0 Å². The molecule has 86 valence electrons. The van der Waals surface area contributed by atoms with Gasteiger partial charge in [-0.3, -0.25) is 4.79 Å². The second-order valence-electron chi connectivity index (χ2n) is 4.47. The summed E-state index contributed by atoms with van der Waals surface area (Å²) in [4.78, 5) is 12.0. The fourth-order valence-corrected chi connectivity index (χ4v) is 2.23. The maximum absolute atomic E-state index is 12.0. The van der Waals surface area contributed by atoms with E-state index in [0.717, 1.165) is 18.4 Å². The van der Waals surface area contributed by atoms with Crippen LogP contribution in [0.4, 0.5) is 5.69 Å². The molecule has 0 radical (unpaired) electrons. The SMILES string of the molecule is Cc1c(N)cccc1C(=O)NC1CCCC1. The number of nitrogens with two attached hydrogens (primary N) is 1. The van der Waals surface area contributed by atoms with Crippen LogP contribution in [0.3, 0.4) is 0 Å². The minimum atomic E-state index is 0.0108. The third-order valence-electron chi connectivity index (χ3n) is 3.31. The Hall–Kier alpha value is -1.51. The average Bonchev–Trinajstić information content (AvgIpc) is 2.74. The number of nitrogens with one attached hydrogen (secondary N) is 1. The predicted molar refractivity (Wildman–Crippen MR) is 65.3 cm³/mol. The van der Waals surface area contributed by atoms with Gasteiger partial charge in [-0.05, 0) is 37.5 Å². The van der Waals surface area contributed by atoms with Crippen molar-refractivity contribution in [1.82, 2.24) is 5.32 Å². The molecule has 0 bridgehead atoms. The number of benzene rings is 1. The van der Waals surface area contributed by atoms with Gasteiger partial charge in [0.1, 0.15) is 0 Å². The number of hydrogen-bond donors (Lipinski definition) is 2. The molecule has 1 aromatic carbocycles. The van der Waals surface area contributed by atoms with Crippen molar-refractivity contribution in [2.75, 3.05) is 5.73 Å². The maximum Gasteiger partial charge on any atom is 0.251 e. The first-order valence-corrected chi connectivity index (χ1v) is 5.84. The van der Waals surface area contributed by atoms with Gasteiger partial charge in [-0.2, -0.15) is 0 Å². The van der Waals surface area contributed by atoms with Crippen molar-refractivity contribution in [3.63, 3.8) is 0 Å². The number of hydrogen-bond acceptors (Lipinski definition) is 2. The number of nitrogen functional groups attached to an aromatic ring is 1. The lowest BCUT2D eigenvalue weighted by atomic mass is 10.1. The summed E-state index contributed by atoms with van der Waals surface area (Å²) in [5.41, 5.74) is 8.04. The van der Waals surface area contributed by atoms with Crippen LogP contribution in [0.1, 0.15) is 41.6 Å². The Morgan fingerprint density at radius 2 is 2.06 bits per heavy atom. The molecule has 0 aliphatic heterocycles. The molecular weight excluding hydrogens is 200 g/mol. The topological polar surface area (TPSA) is 55.1 Å². The normalized spacial score (nSPS) is 16.3. The largest absolute Gasteiger partial charge is 0.398 e. The molecule has 0 aromatic heterocycles. The van der Waals surface area contributed by atoms with Gasteiger partial charge in [0.2, 0.25) is 0 Å². The van der Waals surface area contributed by atoms with E-state index in [-0.39, 0.29) is 5.91 Å². The van der Waals surface area contributed by atoms with E-state index in [1.807, 2.05) is 25.1 Å². The molecule has 2 rings (SSSR count). The highest BCUT2D eigenvalue weighted by molar-refractivity contribution is 5.97. The molecule has 3 N–H and O–H groups in total. The third-order valence-corrected chi connectivity index (χ3v) is 3.31. The Morgan fingerprint density at radius 1 is 1.38 bits per heavy atom. The summed E-state index contributed by atoms with van der Waals surface area (Å²) in [6.45, 7) is 1.89. The Morgan fingerprint density at radius 3 is 2.75 bits per heavy atom. The van der Waals surface area contributed by atoms with E-state index < -0.39 is 0 Å². The molecule has 3 heteroatoms. The van der Waals surface area contributed by atoms with Gasteiger partial charge in [-0.15, -0.1) is 0 Å². The first-order valence-electron chi connectivity index (χ1n) is 5.84. The minimum Gasteiger partial charge on any atom is -0.398 e. The quantitative estimate of drug-likeness (QED) is 0.748. The summed E-state index contributed by atoms with van der Waals surface area (Å²) >= 11 is 0. The van der Waals surface area contributed by atoms with E-state index in [9.17, 15) is 4.79 Å². The van der Waals surface area contributed by atoms with Crippen molar-refractivity contribution in [3.8, 4) is 0 Å². The van der Waals surface area contributed by atoms with Gasteiger partial charge in [-0.25, -0.2) is 0 Å². The molecule has 1 aliphatic carbocycles. The van der Waals surface area contributed by atoms with Gasteiger partial charge >= 0.3 is 0 Å². The fourth-order valence-electron chi connectivity index (χ4n) is 2.23. The van der Waals surface area contributed by atoms with Crippen molar-refractivity contribution < 1.29 is 4.79 Å². The Balaban J connectivity index is 2.11. The molecule has 0 atom stereocenters. The second-order valence-corrected chi connectivity index (χ2v) is 4.47. The third kappa shape index (κ3) is 2.18. The van der Waals surface area contributed by atoms with Gasteiger partial charge in [-0.1, -0.05) is 18.9 Å². The van der Waals surface area contributed by atoms with Gasteiger partial charge in [0.05, 0.1) is 0 Å². The Labute approximate surface area is 96.0 Å². The van der Waals surface area contributed by atoms with Gasteiger partial charge in [0.15, 0.2) is 0 Å². The molecule has 0 unspecified atom stereocenters. The van der Waals surface area contributed by atoms with Crippen molar-refractivity contribution in [2.24, 2.45) is 0 Å². The van der Waals surface area contributed by atoms with E-state index in [4.69, 9.17) is 5.73 Å². The lowest BCUT2D eigenvalue weighted by Gasteiger charge is -2.13. The molecule has 0 heterocycles. The van der Waals surface area contributed by atoms with Gasteiger partial charge in [0, 0.05) is 17.3 Å². The lowest BCUT2D eigenvalue weighted by molar-refractivity contribution is 0.0937. The van der Waals surface area contributed by atoms with Crippen LogP contribution in [0.25, 0.3) is 0 Å². The summed E-state index contributed by atoms with van der Waals surface area (Å²) in [5.74, 6) is 0.0108. The van der Waals surface area contributed by atoms with Crippen LogP contribution in [0.5, 0.6) is 0 Å². The second kappa shape index (κ2) is 4.56. The average molecular weight is 218 g/mol. The molecule has 1 amide bonds. The molecule has 16 heavy (non-hydrogen) atoms. The van der Waals surface area contributed by atoms with Crippen LogP contribution in [0.15, 0.2) is 18.2 Å². The highest BCUT2D eigenvalue weighted by Gasteiger charge is 2.19. The molecule has 1 aliphatic rings. The summed E-state index contributed by atoms with van der Waals surface area (Å²) < 4.78 is 0. The first-order chi connectivity index (χ1) is 7.68. The first kappa shape index (κ1) is 11.0. The van der Waals surface area contributed by atoms with Crippen LogP contribution in [-0.4, -0.2) is 11.9 Å². The molecular formula is C13H18N2O. The van der Waals surface area contributed by atoms with Crippen molar-refractivity contribution in [3.05, 3.63) is 29.3 Å². The minimum absolute atomic E-state index is 0.0108. The molecule has 1 aromatic rings. The zero-order chi connectivity index (χ0) is 11.5. The standard InChI is InChI=1S/C13H18N2O/c1-9-11(7-4-8-12(9)14)13(16)15-10-5-2-3-6-10/h4,7-8,10H,2-3,5-6,14H2,1H3,(H,15,16). The molecule has 1 saturated carbocycles. The van der Waals surface area contributed by atoms with Crippen LogP contribution in [-0.2, 0) is 0 Å². The molecule has 3 nitrogen and oxygen atoms in total. The van der Waals surface area contributed by atoms with E-state index in [0.29, 0.717) is 17.3 Å². The summed E-state index contributed by atoms with van der Waals surface area (Å²) in [5, 5.41) is 3.07. The smallest absolute Gasteiger partial charge is 0.251 e. The maximum atomic E-state index is 12.0. The number of carbonyl (C=O) groups is 1. The lowest BCUT2D eigenvalue weighted by Crippen LogP contribution is -2.33. The molecule has 0 spiro atoms. The van der Waals surface area contributed by atoms with Gasteiger partial charge in [0.25, 0.3) is 5.91 Å². The zero-order valence-corrected chi connectivity index (χ0v) is 9.62. The van der Waals surface area contributed by atoms with Gasteiger partial charge < -0.3 is 11.1 Å². The predicted octanol–water partition coefficient (Wildman–Crippen LogP) is 2.25. The number of carbonyl (C=O) groups excluding carboxylic acids is 1. The van der Waals surface area contributed by atoms with Crippen LogP contribution < -0.4 is 11.1 Å². The zero-order valence-electron chi connectivity index (χ0n) is 9.62. The Kier molecular flexibility index (Phi) is 3.13. The van der Waals surface area contributed by atoms with Crippen LogP contribution in [0, 0.1) is 6.92 Å². The summed E-state index contributed by atoms with van der Waals surface area (Å²) in [7, 11) is 0. The Bertz CT molecular complexity index is 395. The monoisotopic (exact) mass is 218 g/mol. The number of amides is 1. The van der Waals surface area contributed by atoms with Crippen molar-refractivity contribution in [2.45, 2.75) is 38.6 Å². The highest BCUT2D eigenvalue weighted by Crippen LogP contribution is 2.20. The van der Waals surface area contributed by atoms with E-state index in [1.54, 1.807) is 0 Å². The summed E-state index contributed by atoms with van der Waals surface area (Å²) in [6, 6.07) is 5.83. The number of anilines is 1. The molecule has 0 saturated heterocycles. The van der Waals surface area contributed by atoms with E-state index >= 15 is 0 Å². The summed E-state index contributed by atoms with van der Waals surface area (Å²) in [6.07, 6.45) is 4.65. The number of rotatable bonds is 2. The fraction of sp³-hybridized carbons (Fsp3) is 0.462. The van der Waals surface area contributed by atoms with Crippen molar-refractivity contribution in [1.29, 1.82) is 0 Å². The van der Waals surface area contributed by atoms with E-state index in [2.05, 4.69) is 5.32 Å². The molecule has 1 fully saturated rings.